The predicted molar refractivity (Wildman–Crippen MR) is 67.3 cm³/mol. The highest BCUT2D eigenvalue weighted by Gasteiger charge is 2.37. The number of hydrogen-bond acceptors (Lipinski definition) is 3. The van der Waals surface area contributed by atoms with E-state index in [0.29, 0.717) is 18.2 Å². The molecule has 98 valence electrons. The Morgan fingerprint density at radius 3 is 2.82 bits per heavy atom. The van der Waals surface area contributed by atoms with E-state index in [9.17, 15) is 4.79 Å². The summed E-state index contributed by atoms with van der Waals surface area (Å²) < 4.78 is 5.71. The lowest BCUT2D eigenvalue weighted by molar-refractivity contribution is -0.128. The highest BCUT2D eigenvalue weighted by molar-refractivity contribution is 5.85. The number of fused-ring (bicyclic) bond motifs is 1. The first-order valence-electron chi connectivity index (χ1n) is 6.48. The summed E-state index contributed by atoms with van der Waals surface area (Å²) in [6, 6.07) is 0.887. The smallest absolute Gasteiger partial charge is 0.223 e. The van der Waals surface area contributed by atoms with E-state index in [1.54, 1.807) is 0 Å². The zero-order valence-electron chi connectivity index (χ0n) is 9.98. The molecule has 1 aliphatic heterocycles. The fraction of sp³-hybridized carbons (Fsp3) is 0.917. The van der Waals surface area contributed by atoms with Crippen LogP contribution >= 0.6 is 12.4 Å². The van der Waals surface area contributed by atoms with Crippen molar-refractivity contribution in [2.24, 2.45) is 5.92 Å². The second-order valence-corrected chi connectivity index (χ2v) is 5.26. The number of nitrogens with one attached hydrogen (secondary N) is 2. The zero-order valence-corrected chi connectivity index (χ0v) is 10.8. The molecule has 0 unspecified atom stereocenters. The van der Waals surface area contributed by atoms with Crippen LogP contribution in [0.2, 0.25) is 0 Å². The van der Waals surface area contributed by atoms with E-state index in [1.807, 2.05) is 0 Å². The van der Waals surface area contributed by atoms with E-state index in [0.717, 1.165) is 32.4 Å². The Morgan fingerprint density at radius 2 is 2.06 bits per heavy atom. The minimum absolute atomic E-state index is 0. The molecule has 3 fully saturated rings. The first-order chi connectivity index (χ1) is 7.83. The normalized spacial score (nSPS) is 36.6. The van der Waals surface area contributed by atoms with Gasteiger partial charge in [0.1, 0.15) is 0 Å². The summed E-state index contributed by atoms with van der Waals surface area (Å²) in [6.07, 6.45) is 5.65. The van der Waals surface area contributed by atoms with Crippen molar-refractivity contribution in [3.8, 4) is 0 Å². The summed E-state index contributed by atoms with van der Waals surface area (Å²) in [5, 5.41) is 6.58. The van der Waals surface area contributed by atoms with Crippen molar-refractivity contribution in [3.05, 3.63) is 0 Å². The standard InChI is InChI=1S/C12H20N2O2.ClH/c15-12(14-9-2-3-9)8-1-4-11-10(7-8)13-5-6-16-11;/h8-11,13H,1-7H2,(H,14,15);1H/t8-,10+,11+;/m0./s1. The maximum atomic E-state index is 11.9. The van der Waals surface area contributed by atoms with Crippen LogP contribution in [0.25, 0.3) is 0 Å². The van der Waals surface area contributed by atoms with Crippen LogP contribution in [0.5, 0.6) is 0 Å². The van der Waals surface area contributed by atoms with Gasteiger partial charge in [-0.15, -0.1) is 12.4 Å². The highest BCUT2D eigenvalue weighted by atomic mass is 35.5. The number of rotatable bonds is 2. The van der Waals surface area contributed by atoms with Gasteiger partial charge in [0.15, 0.2) is 0 Å². The van der Waals surface area contributed by atoms with Gasteiger partial charge < -0.3 is 15.4 Å². The lowest BCUT2D eigenvalue weighted by atomic mass is 9.82. The van der Waals surface area contributed by atoms with Crippen LogP contribution in [-0.4, -0.2) is 37.2 Å². The fourth-order valence-corrected chi connectivity index (χ4v) is 2.80. The van der Waals surface area contributed by atoms with Gasteiger partial charge in [-0.25, -0.2) is 0 Å². The summed E-state index contributed by atoms with van der Waals surface area (Å²) in [7, 11) is 0. The van der Waals surface area contributed by atoms with Crippen molar-refractivity contribution in [1.82, 2.24) is 10.6 Å². The summed E-state index contributed by atoms with van der Waals surface area (Å²) in [5.41, 5.74) is 0. The molecule has 0 aromatic carbocycles. The van der Waals surface area contributed by atoms with E-state index in [1.165, 1.54) is 12.8 Å². The molecule has 2 saturated carbocycles. The third-order valence-corrected chi connectivity index (χ3v) is 3.92. The van der Waals surface area contributed by atoms with E-state index in [2.05, 4.69) is 10.6 Å². The molecule has 3 rings (SSSR count). The van der Waals surface area contributed by atoms with Gasteiger partial charge in [-0.05, 0) is 32.1 Å². The number of carbonyl (C=O) groups is 1. The van der Waals surface area contributed by atoms with Gasteiger partial charge in [-0.1, -0.05) is 0 Å². The van der Waals surface area contributed by atoms with E-state index >= 15 is 0 Å². The number of amides is 1. The Kier molecular flexibility index (Phi) is 4.28. The monoisotopic (exact) mass is 260 g/mol. The number of morpholine rings is 1. The van der Waals surface area contributed by atoms with Gasteiger partial charge >= 0.3 is 0 Å². The van der Waals surface area contributed by atoms with Crippen LogP contribution in [-0.2, 0) is 9.53 Å². The molecule has 0 spiro atoms. The van der Waals surface area contributed by atoms with Gasteiger partial charge in [0.2, 0.25) is 5.91 Å². The molecule has 0 radical (unpaired) electrons. The van der Waals surface area contributed by atoms with Crippen LogP contribution in [0.4, 0.5) is 0 Å². The molecule has 2 N–H and O–H groups in total. The predicted octanol–water partition coefficient (Wildman–Crippen LogP) is 0.844. The van der Waals surface area contributed by atoms with E-state index < -0.39 is 0 Å². The van der Waals surface area contributed by atoms with Gasteiger partial charge in [0.05, 0.1) is 12.7 Å². The molecule has 0 aromatic rings. The lowest BCUT2D eigenvalue weighted by Gasteiger charge is -2.39. The first kappa shape index (κ1) is 13.1. The van der Waals surface area contributed by atoms with Crippen molar-refractivity contribution in [2.45, 2.75) is 50.3 Å². The molecule has 1 amide bonds. The molecule has 5 heteroatoms. The molecule has 1 saturated heterocycles. The molecule has 17 heavy (non-hydrogen) atoms. The van der Waals surface area contributed by atoms with Crippen molar-refractivity contribution >= 4 is 18.3 Å². The molecule has 3 atom stereocenters. The summed E-state index contributed by atoms with van der Waals surface area (Å²) in [4.78, 5) is 11.9. The Hall–Kier alpha value is -0.320. The molecule has 4 nitrogen and oxygen atoms in total. The lowest BCUT2D eigenvalue weighted by Crippen LogP contribution is -2.53. The van der Waals surface area contributed by atoms with Gasteiger partial charge in [-0.3, -0.25) is 4.79 Å². The van der Waals surface area contributed by atoms with Crippen LogP contribution in [0.3, 0.4) is 0 Å². The Labute approximate surface area is 108 Å². The second kappa shape index (κ2) is 5.55. The topological polar surface area (TPSA) is 50.4 Å². The number of carbonyl (C=O) groups excluding carboxylic acids is 1. The fourth-order valence-electron chi connectivity index (χ4n) is 2.80. The molecule has 1 heterocycles. The number of halogens is 1. The van der Waals surface area contributed by atoms with Gasteiger partial charge in [-0.2, -0.15) is 0 Å². The third kappa shape index (κ3) is 3.12. The van der Waals surface area contributed by atoms with Crippen molar-refractivity contribution in [3.63, 3.8) is 0 Å². The largest absolute Gasteiger partial charge is 0.375 e. The van der Waals surface area contributed by atoms with Crippen molar-refractivity contribution < 1.29 is 9.53 Å². The summed E-state index contributed by atoms with van der Waals surface area (Å²) in [6.45, 7) is 1.75. The maximum absolute atomic E-state index is 11.9. The third-order valence-electron chi connectivity index (χ3n) is 3.92. The Morgan fingerprint density at radius 1 is 1.24 bits per heavy atom. The highest BCUT2D eigenvalue weighted by Crippen LogP contribution is 2.29. The summed E-state index contributed by atoms with van der Waals surface area (Å²) >= 11 is 0. The first-order valence-corrected chi connectivity index (χ1v) is 6.48. The average molecular weight is 261 g/mol. The molecular weight excluding hydrogens is 240 g/mol. The number of ether oxygens (including phenoxy) is 1. The van der Waals surface area contributed by atoms with Crippen molar-refractivity contribution in [2.75, 3.05) is 13.2 Å². The molecule has 0 bridgehead atoms. The Bertz CT molecular complexity index is 284. The van der Waals surface area contributed by atoms with Crippen LogP contribution in [0, 0.1) is 5.92 Å². The zero-order chi connectivity index (χ0) is 11.0. The van der Waals surface area contributed by atoms with Crippen LogP contribution in [0.15, 0.2) is 0 Å². The average Bonchev–Trinajstić information content (AvgIpc) is 3.12. The van der Waals surface area contributed by atoms with E-state index in [-0.39, 0.29) is 24.2 Å². The molecule has 3 aliphatic rings. The quantitative estimate of drug-likeness (QED) is 0.774. The minimum atomic E-state index is 0. The molecule has 2 aliphatic carbocycles. The Balaban J connectivity index is 0.00000108. The van der Waals surface area contributed by atoms with Crippen LogP contribution in [0.1, 0.15) is 32.1 Å². The van der Waals surface area contributed by atoms with Gasteiger partial charge in [0, 0.05) is 24.5 Å². The maximum Gasteiger partial charge on any atom is 0.223 e. The summed E-state index contributed by atoms with van der Waals surface area (Å²) in [5.74, 6) is 0.476. The number of hydrogen-bond donors (Lipinski definition) is 2. The van der Waals surface area contributed by atoms with E-state index in [4.69, 9.17) is 4.74 Å². The van der Waals surface area contributed by atoms with Gasteiger partial charge in [0.25, 0.3) is 0 Å². The minimum Gasteiger partial charge on any atom is -0.375 e. The molecular formula is C12H21ClN2O2. The molecule has 0 aromatic heterocycles. The van der Waals surface area contributed by atoms with Crippen molar-refractivity contribution in [1.29, 1.82) is 0 Å². The SMILES string of the molecule is Cl.O=C(NC1CC1)[C@H]1CC[C@H]2OCCN[C@@H]2C1. The van der Waals surface area contributed by atoms with Crippen LogP contribution < -0.4 is 10.6 Å². The second-order valence-electron chi connectivity index (χ2n) is 5.26.